The maximum Gasteiger partial charge on any atom is 0.165 e. The van der Waals surface area contributed by atoms with E-state index in [1.165, 1.54) is 5.56 Å². The van der Waals surface area contributed by atoms with Gasteiger partial charge in [-0.3, -0.25) is 9.80 Å². The molecule has 4 unspecified atom stereocenters. The molecule has 1 aromatic rings. The monoisotopic (exact) mass is 456 g/mol. The zero-order valence-corrected chi connectivity index (χ0v) is 19.7. The highest BCUT2D eigenvalue weighted by Gasteiger charge is 2.73. The molecule has 3 fully saturated rings. The maximum absolute atomic E-state index is 15.2. The number of nitrogens with zero attached hydrogens (tertiary/aromatic N) is 2. The molecule has 0 amide bonds. The molecule has 5 nitrogen and oxygen atoms in total. The molecule has 0 radical (unpaired) electrons. The van der Waals surface area contributed by atoms with Crippen LogP contribution in [0, 0.1) is 0 Å². The van der Waals surface area contributed by atoms with Gasteiger partial charge in [0.05, 0.1) is 11.0 Å². The molecule has 6 heteroatoms. The van der Waals surface area contributed by atoms with Gasteiger partial charge >= 0.3 is 0 Å². The van der Waals surface area contributed by atoms with Gasteiger partial charge in [0.25, 0.3) is 0 Å². The molecular weight excluding hydrogens is 419 g/mol. The van der Waals surface area contributed by atoms with E-state index in [-0.39, 0.29) is 30.0 Å². The molecule has 3 aliphatic carbocycles. The lowest BCUT2D eigenvalue weighted by Crippen LogP contribution is -2.78. The van der Waals surface area contributed by atoms with E-state index in [4.69, 9.17) is 4.74 Å². The van der Waals surface area contributed by atoms with E-state index in [0.717, 1.165) is 63.6 Å². The minimum atomic E-state index is -0.930. The summed E-state index contributed by atoms with van der Waals surface area (Å²) in [6, 6.07) is 3.65. The molecule has 5 aliphatic rings. The van der Waals surface area contributed by atoms with Crippen molar-refractivity contribution in [2.24, 2.45) is 0 Å². The number of hydrogen-bond donors (Lipinski definition) is 2. The van der Waals surface area contributed by atoms with Crippen molar-refractivity contribution >= 4 is 0 Å². The average molecular weight is 457 g/mol. The molecule has 2 bridgehead atoms. The van der Waals surface area contributed by atoms with Crippen LogP contribution in [0.25, 0.3) is 0 Å². The zero-order chi connectivity index (χ0) is 23.0. The van der Waals surface area contributed by atoms with Gasteiger partial charge < -0.3 is 14.9 Å². The van der Waals surface area contributed by atoms with Crippen LogP contribution in [0.2, 0.25) is 0 Å². The third-order valence-corrected chi connectivity index (χ3v) is 9.85. The Hall–Kier alpha value is -1.63. The first kappa shape index (κ1) is 21.9. The van der Waals surface area contributed by atoms with Crippen LogP contribution in [0.5, 0.6) is 11.5 Å². The topological polar surface area (TPSA) is 56.2 Å². The second-order valence-corrected chi connectivity index (χ2v) is 11.1. The van der Waals surface area contributed by atoms with Crippen molar-refractivity contribution in [2.75, 3.05) is 20.1 Å². The maximum atomic E-state index is 15.2. The number of ether oxygens (including phenoxy) is 1. The highest BCUT2D eigenvalue weighted by molar-refractivity contribution is 5.62. The summed E-state index contributed by atoms with van der Waals surface area (Å²) < 4.78 is 21.9. The highest BCUT2D eigenvalue weighted by atomic mass is 19.1. The Morgan fingerprint density at radius 1 is 1.21 bits per heavy atom. The Bertz CT molecular complexity index is 956. The van der Waals surface area contributed by atoms with Crippen molar-refractivity contribution < 1.29 is 19.3 Å². The van der Waals surface area contributed by atoms with E-state index in [1.807, 2.05) is 12.1 Å². The van der Waals surface area contributed by atoms with Gasteiger partial charge in [0, 0.05) is 30.2 Å². The summed E-state index contributed by atoms with van der Waals surface area (Å²) in [7, 11) is 2.06. The van der Waals surface area contributed by atoms with Crippen LogP contribution >= 0.6 is 0 Å². The first-order valence-corrected chi connectivity index (χ1v) is 12.9. The van der Waals surface area contributed by atoms with Crippen molar-refractivity contribution in [3.63, 3.8) is 0 Å². The molecule has 6 rings (SSSR count). The Balaban J connectivity index is 1.45. The SMILES string of the molecule is C=CCN1CC[C@]23c4c5ccc(O)c4OC2[C@H](N(C)C2CCCCCC2F)CC[C@@]3(O)C1C5. The first-order valence-electron chi connectivity index (χ1n) is 12.9. The third kappa shape index (κ3) is 2.80. The lowest BCUT2D eigenvalue weighted by Gasteiger charge is -2.65. The zero-order valence-electron chi connectivity index (χ0n) is 19.7. The number of phenolic OH excluding ortho intramolecular Hbond substituents is 1. The molecule has 2 N–H and O–H groups in total. The molecule has 2 saturated carbocycles. The molecule has 1 saturated heterocycles. The number of halogens is 1. The predicted molar refractivity (Wildman–Crippen MR) is 126 cm³/mol. The van der Waals surface area contributed by atoms with Crippen LogP contribution in [0.4, 0.5) is 4.39 Å². The molecule has 2 heterocycles. The Morgan fingerprint density at radius 3 is 2.85 bits per heavy atom. The van der Waals surface area contributed by atoms with E-state index in [1.54, 1.807) is 6.07 Å². The van der Waals surface area contributed by atoms with Crippen molar-refractivity contribution in [3.8, 4) is 11.5 Å². The molecule has 7 atom stereocenters. The number of hydrogen-bond acceptors (Lipinski definition) is 5. The lowest BCUT2D eigenvalue weighted by molar-refractivity contribution is -0.200. The number of alkyl halides is 1. The largest absolute Gasteiger partial charge is 0.504 e. The van der Waals surface area contributed by atoms with E-state index in [9.17, 15) is 10.2 Å². The van der Waals surface area contributed by atoms with Gasteiger partial charge in [-0.1, -0.05) is 31.4 Å². The Morgan fingerprint density at radius 2 is 2.03 bits per heavy atom. The van der Waals surface area contributed by atoms with E-state index >= 15 is 4.39 Å². The van der Waals surface area contributed by atoms with Gasteiger partial charge in [-0.05, 0) is 63.7 Å². The van der Waals surface area contributed by atoms with Crippen LogP contribution in [0.3, 0.4) is 0 Å². The molecule has 1 spiro atoms. The molecule has 0 aromatic heterocycles. The number of aromatic hydroxyl groups is 1. The second kappa shape index (κ2) is 7.69. The summed E-state index contributed by atoms with van der Waals surface area (Å²) in [5.41, 5.74) is 0.709. The summed E-state index contributed by atoms with van der Waals surface area (Å²) in [4.78, 5) is 4.62. The van der Waals surface area contributed by atoms with Gasteiger partial charge in [0.2, 0.25) is 0 Å². The van der Waals surface area contributed by atoms with Crippen molar-refractivity contribution in [2.45, 2.75) is 99.2 Å². The second-order valence-electron chi connectivity index (χ2n) is 11.1. The van der Waals surface area contributed by atoms with Crippen LogP contribution < -0.4 is 4.74 Å². The number of rotatable bonds is 4. The number of piperidine rings is 1. The van der Waals surface area contributed by atoms with Crippen LogP contribution in [0.15, 0.2) is 24.8 Å². The van der Waals surface area contributed by atoms with Gasteiger partial charge in [-0.15, -0.1) is 6.58 Å². The van der Waals surface area contributed by atoms with Gasteiger partial charge in [-0.25, -0.2) is 4.39 Å². The fourth-order valence-electron chi connectivity index (χ4n) is 8.35. The summed E-state index contributed by atoms with van der Waals surface area (Å²) in [6.07, 6.45) is 8.40. The van der Waals surface area contributed by atoms with E-state index in [0.29, 0.717) is 18.6 Å². The number of likely N-dealkylation sites (N-methyl/N-ethyl adjacent to an activating group) is 1. The normalized spacial score (nSPS) is 41.9. The van der Waals surface area contributed by atoms with Crippen LogP contribution in [0.1, 0.15) is 62.5 Å². The Kier molecular flexibility index (Phi) is 5.10. The molecule has 1 aromatic carbocycles. The van der Waals surface area contributed by atoms with Crippen molar-refractivity contribution in [1.29, 1.82) is 0 Å². The summed E-state index contributed by atoms with van der Waals surface area (Å²) >= 11 is 0. The Labute approximate surface area is 196 Å². The lowest BCUT2D eigenvalue weighted by atomic mass is 9.48. The van der Waals surface area contributed by atoms with Crippen molar-refractivity contribution in [3.05, 3.63) is 35.9 Å². The minimum Gasteiger partial charge on any atom is -0.504 e. The number of likely N-dealkylation sites (tertiary alicyclic amines) is 1. The molecule has 180 valence electrons. The van der Waals surface area contributed by atoms with Crippen molar-refractivity contribution in [1.82, 2.24) is 9.80 Å². The van der Waals surface area contributed by atoms with Crippen LogP contribution in [-0.4, -0.2) is 76.2 Å². The highest BCUT2D eigenvalue weighted by Crippen LogP contribution is 2.65. The van der Waals surface area contributed by atoms with E-state index < -0.39 is 17.2 Å². The minimum absolute atomic E-state index is 0.00333. The fourth-order valence-corrected chi connectivity index (χ4v) is 8.35. The number of phenols is 1. The molecule has 2 aliphatic heterocycles. The number of aliphatic hydroxyl groups is 1. The fraction of sp³-hybridized carbons (Fsp3) is 0.704. The average Bonchev–Trinajstić information content (AvgIpc) is 3.00. The molecule has 33 heavy (non-hydrogen) atoms. The smallest absolute Gasteiger partial charge is 0.165 e. The predicted octanol–water partition coefficient (Wildman–Crippen LogP) is 3.70. The van der Waals surface area contributed by atoms with Gasteiger partial charge in [0.15, 0.2) is 11.5 Å². The quantitative estimate of drug-likeness (QED) is 0.535. The third-order valence-electron chi connectivity index (χ3n) is 9.85. The standard InChI is InChI=1S/C27H37FN2O3/c1-3-14-30-15-13-26-23-17-9-10-21(31)24(23)33-25(26)20(11-12-27(26,32)22(30)16-17)29(2)19-8-6-4-5-7-18(19)28/h3,9-10,18-20,22,25,31-32H,1,4-8,11-16H2,2H3/t18?,19?,20-,22?,25?,26+,27-/m1/s1. The summed E-state index contributed by atoms with van der Waals surface area (Å²) in [5.74, 6) is 0.718. The van der Waals surface area contributed by atoms with Gasteiger partial charge in [-0.2, -0.15) is 0 Å². The first-order chi connectivity index (χ1) is 15.9. The summed E-state index contributed by atoms with van der Waals surface area (Å²) in [5, 5.41) is 23.3. The van der Waals surface area contributed by atoms with Gasteiger partial charge in [0.1, 0.15) is 12.3 Å². The number of benzene rings is 1. The molecular formula is C27H37FN2O3. The van der Waals surface area contributed by atoms with E-state index in [2.05, 4.69) is 23.4 Å². The van der Waals surface area contributed by atoms with Crippen LogP contribution in [-0.2, 0) is 11.8 Å². The summed E-state index contributed by atoms with van der Waals surface area (Å²) in [6.45, 7) is 5.56.